The van der Waals surface area contributed by atoms with Crippen LogP contribution in [0.4, 0.5) is 0 Å². The number of hydrogen-bond acceptors (Lipinski definition) is 5. The molecule has 1 aromatic heterocycles. The number of amides is 1. The van der Waals surface area contributed by atoms with Gasteiger partial charge in [0.05, 0.1) is 13.2 Å². The van der Waals surface area contributed by atoms with Crippen LogP contribution in [0.3, 0.4) is 0 Å². The summed E-state index contributed by atoms with van der Waals surface area (Å²) in [5, 5.41) is 4.30. The summed E-state index contributed by atoms with van der Waals surface area (Å²) >= 11 is 0. The summed E-state index contributed by atoms with van der Waals surface area (Å²) in [4.78, 5) is 29.2. The SMILES string of the molecule is CCCCCCN(CCN1CCOCC1)C(=O)c1ccc(=O)n(CCC)n1. The van der Waals surface area contributed by atoms with Gasteiger partial charge in [0, 0.05) is 45.3 Å². The number of ether oxygens (including phenoxy) is 1. The molecule has 0 radical (unpaired) electrons. The van der Waals surface area contributed by atoms with Gasteiger partial charge in [-0.25, -0.2) is 4.68 Å². The number of unbranched alkanes of at least 4 members (excludes halogenated alkanes) is 3. The molecule has 27 heavy (non-hydrogen) atoms. The van der Waals surface area contributed by atoms with Crippen molar-refractivity contribution in [3.05, 3.63) is 28.2 Å². The zero-order valence-electron chi connectivity index (χ0n) is 16.9. The maximum Gasteiger partial charge on any atom is 0.274 e. The summed E-state index contributed by atoms with van der Waals surface area (Å²) in [7, 11) is 0. The van der Waals surface area contributed by atoms with Gasteiger partial charge in [-0.05, 0) is 18.9 Å². The number of morpholine rings is 1. The van der Waals surface area contributed by atoms with Crippen LogP contribution in [0.2, 0.25) is 0 Å². The van der Waals surface area contributed by atoms with E-state index in [1.54, 1.807) is 6.07 Å². The zero-order chi connectivity index (χ0) is 19.5. The third kappa shape index (κ3) is 7.07. The lowest BCUT2D eigenvalue weighted by Gasteiger charge is -2.30. The van der Waals surface area contributed by atoms with E-state index >= 15 is 0 Å². The highest BCUT2D eigenvalue weighted by atomic mass is 16.5. The van der Waals surface area contributed by atoms with E-state index < -0.39 is 0 Å². The molecule has 1 aliphatic rings. The van der Waals surface area contributed by atoms with Gasteiger partial charge in [0.15, 0.2) is 0 Å². The molecule has 0 bridgehead atoms. The summed E-state index contributed by atoms with van der Waals surface area (Å²) < 4.78 is 6.79. The standard InChI is InChI=1S/C20H34N4O3/c1-3-5-6-7-11-23(13-12-22-14-16-27-17-15-22)20(26)18-8-9-19(25)24(21-18)10-4-2/h8-9H,3-7,10-17H2,1-2H3. The summed E-state index contributed by atoms with van der Waals surface area (Å²) in [6, 6.07) is 3.01. The van der Waals surface area contributed by atoms with E-state index in [0.717, 1.165) is 58.7 Å². The Bertz CT molecular complexity index is 626. The van der Waals surface area contributed by atoms with Gasteiger partial charge in [-0.2, -0.15) is 5.10 Å². The Morgan fingerprint density at radius 2 is 1.85 bits per heavy atom. The number of carbonyl (C=O) groups is 1. The van der Waals surface area contributed by atoms with E-state index in [1.165, 1.54) is 23.6 Å². The van der Waals surface area contributed by atoms with Crippen molar-refractivity contribution in [2.24, 2.45) is 0 Å². The highest BCUT2D eigenvalue weighted by Gasteiger charge is 2.19. The van der Waals surface area contributed by atoms with Gasteiger partial charge < -0.3 is 9.64 Å². The molecule has 1 saturated heterocycles. The summed E-state index contributed by atoms with van der Waals surface area (Å²) in [6.45, 7) is 10.3. The minimum atomic E-state index is -0.156. The lowest BCUT2D eigenvalue weighted by atomic mass is 10.2. The van der Waals surface area contributed by atoms with Crippen molar-refractivity contribution in [2.45, 2.75) is 52.5 Å². The first kappa shape index (κ1) is 21.6. The molecular formula is C20H34N4O3. The monoisotopic (exact) mass is 378 g/mol. The molecule has 2 rings (SSSR count). The van der Waals surface area contributed by atoms with Crippen molar-refractivity contribution >= 4 is 5.91 Å². The molecule has 7 nitrogen and oxygen atoms in total. The minimum absolute atomic E-state index is 0.0791. The predicted octanol–water partition coefficient (Wildman–Crippen LogP) is 2.01. The maximum atomic E-state index is 13.1. The first-order valence-corrected chi connectivity index (χ1v) is 10.3. The van der Waals surface area contributed by atoms with Crippen LogP contribution in [0.25, 0.3) is 0 Å². The second kappa shape index (κ2) is 11.9. The van der Waals surface area contributed by atoms with Gasteiger partial charge >= 0.3 is 0 Å². The summed E-state index contributed by atoms with van der Waals surface area (Å²) in [5.74, 6) is -0.0791. The summed E-state index contributed by atoms with van der Waals surface area (Å²) in [5.41, 5.74) is 0.205. The second-order valence-electron chi connectivity index (χ2n) is 7.09. The first-order chi connectivity index (χ1) is 13.2. The summed E-state index contributed by atoms with van der Waals surface area (Å²) in [6.07, 6.45) is 5.29. The molecule has 0 aliphatic carbocycles. The van der Waals surface area contributed by atoms with Gasteiger partial charge in [-0.15, -0.1) is 0 Å². The number of aryl methyl sites for hydroxylation is 1. The highest BCUT2D eigenvalue weighted by Crippen LogP contribution is 2.07. The fourth-order valence-corrected chi connectivity index (χ4v) is 3.23. The van der Waals surface area contributed by atoms with Crippen molar-refractivity contribution in [1.29, 1.82) is 0 Å². The average molecular weight is 379 g/mol. The number of rotatable bonds is 11. The Balaban J connectivity index is 2.04. The number of nitrogens with zero attached hydrogens (tertiary/aromatic N) is 4. The molecule has 0 aromatic carbocycles. The fourth-order valence-electron chi connectivity index (χ4n) is 3.23. The Hall–Kier alpha value is -1.73. The van der Waals surface area contributed by atoms with Crippen LogP contribution in [0.1, 0.15) is 56.4 Å². The van der Waals surface area contributed by atoms with Crippen molar-refractivity contribution in [3.63, 3.8) is 0 Å². The lowest BCUT2D eigenvalue weighted by Crippen LogP contribution is -2.43. The van der Waals surface area contributed by atoms with Crippen LogP contribution in [0.15, 0.2) is 16.9 Å². The third-order valence-electron chi connectivity index (χ3n) is 4.88. The maximum absolute atomic E-state index is 13.1. The van der Waals surface area contributed by atoms with Gasteiger partial charge in [-0.1, -0.05) is 33.1 Å². The number of hydrogen-bond donors (Lipinski definition) is 0. The Kier molecular flexibility index (Phi) is 9.48. The van der Waals surface area contributed by atoms with Gasteiger partial charge in [0.25, 0.3) is 11.5 Å². The van der Waals surface area contributed by atoms with E-state index in [2.05, 4.69) is 16.9 Å². The lowest BCUT2D eigenvalue weighted by molar-refractivity contribution is 0.0323. The molecule has 2 heterocycles. The Morgan fingerprint density at radius 1 is 1.07 bits per heavy atom. The van der Waals surface area contributed by atoms with Crippen molar-refractivity contribution in [2.75, 3.05) is 45.9 Å². The van der Waals surface area contributed by atoms with E-state index in [-0.39, 0.29) is 11.5 Å². The highest BCUT2D eigenvalue weighted by molar-refractivity contribution is 5.92. The van der Waals surface area contributed by atoms with Crippen LogP contribution in [-0.2, 0) is 11.3 Å². The van der Waals surface area contributed by atoms with Crippen molar-refractivity contribution in [1.82, 2.24) is 19.6 Å². The predicted molar refractivity (Wildman–Crippen MR) is 106 cm³/mol. The molecule has 0 N–H and O–H groups in total. The second-order valence-corrected chi connectivity index (χ2v) is 7.09. The van der Waals surface area contributed by atoms with Crippen LogP contribution in [0, 0.1) is 0 Å². The molecule has 1 fully saturated rings. The first-order valence-electron chi connectivity index (χ1n) is 10.3. The van der Waals surface area contributed by atoms with Gasteiger partial charge in [0.2, 0.25) is 0 Å². The molecule has 7 heteroatoms. The topological polar surface area (TPSA) is 67.7 Å². The Labute approximate surface area is 162 Å². The zero-order valence-corrected chi connectivity index (χ0v) is 16.9. The van der Waals surface area contributed by atoms with Crippen molar-refractivity contribution in [3.8, 4) is 0 Å². The fraction of sp³-hybridized carbons (Fsp3) is 0.750. The molecule has 0 spiro atoms. The van der Waals surface area contributed by atoms with E-state index in [0.29, 0.717) is 18.8 Å². The van der Waals surface area contributed by atoms with Crippen LogP contribution < -0.4 is 5.56 Å². The minimum Gasteiger partial charge on any atom is -0.379 e. The van der Waals surface area contributed by atoms with Crippen LogP contribution in [-0.4, -0.2) is 71.4 Å². The largest absolute Gasteiger partial charge is 0.379 e. The normalized spacial score (nSPS) is 15.0. The molecule has 1 aliphatic heterocycles. The average Bonchev–Trinajstić information content (AvgIpc) is 2.69. The molecule has 152 valence electrons. The van der Waals surface area contributed by atoms with Crippen LogP contribution in [0.5, 0.6) is 0 Å². The van der Waals surface area contributed by atoms with Crippen LogP contribution >= 0.6 is 0 Å². The van der Waals surface area contributed by atoms with Crippen molar-refractivity contribution < 1.29 is 9.53 Å². The van der Waals surface area contributed by atoms with Gasteiger partial charge in [0.1, 0.15) is 5.69 Å². The molecule has 1 amide bonds. The van der Waals surface area contributed by atoms with E-state index in [9.17, 15) is 9.59 Å². The molecule has 0 atom stereocenters. The quantitative estimate of drug-likeness (QED) is 0.551. The number of carbonyl (C=O) groups excluding carboxylic acids is 1. The number of aromatic nitrogens is 2. The molecule has 0 saturated carbocycles. The third-order valence-corrected chi connectivity index (χ3v) is 4.88. The molecule has 1 aromatic rings. The molecular weight excluding hydrogens is 344 g/mol. The van der Waals surface area contributed by atoms with E-state index in [4.69, 9.17) is 4.74 Å². The van der Waals surface area contributed by atoms with E-state index in [1.807, 2.05) is 11.8 Å². The molecule has 0 unspecified atom stereocenters. The smallest absolute Gasteiger partial charge is 0.274 e. The van der Waals surface area contributed by atoms with Gasteiger partial charge in [-0.3, -0.25) is 14.5 Å². The Morgan fingerprint density at radius 3 is 2.56 bits per heavy atom.